The van der Waals surface area contributed by atoms with Crippen molar-refractivity contribution >= 4 is 34.7 Å². The summed E-state index contributed by atoms with van der Waals surface area (Å²) in [7, 11) is 2.43. The van der Waals surface area contributed by atoms with E-state index in [0.29, 0.717) is 0 Å². The van der Waals surface area contributed by atoms with E-state index in [1.165, 1.54) is 14.0 Å². The molecule has 4 N–H and O–H groups in total. The number of methoxy groups -OCH3 is 1. The Morgan fingerprint density at radius 2 is 1.72 bits per heavy atom. The van der Waals surface area contributed by atoms with Crippen LogP contribution in [0.3, 0.4) is 0 Å². The molecule has 0 fully saturated rings. The second-order valence-electron chi connectivity index (χ2n) is 7.04. The van der Waals surface area contributed by atoms with E-state index in [4.69, 9.17) is 5.41 Å². The molecule has 36 heavy (non-hydrogen) atoms. The number of benzene rings is 2. The van der Waals surface area contributed by atoms with Gasteiger partial charge in [0.1, 0.15) is 11.3 Å². The number of esters is 1. The quantitative estimate of drug-likeness (QED) is 0.139. The Morgan fingerprint density at radius 3 is 2.22 bits per heavy atom. The highest BCUT2D eigenvalue weighted by atomic mass is 19.4. The average molecular weight is 507 g/mol. The lowest BCUT2D eigenvalue weighted by Crippen LogP contribution is -2.24. The van der Waals surface area contributed by atoms with Crippen molar-refractivity contribution in [2.45, 2.75) is 13.1 Å². The van der Waals surface area contributed by atoms with Gasteiger partial charge in [0.2, 0.25) is 0 Å². The number of nitrogens with one attached hydrogen (secondary N) is 3. The number of aliphatic hydroxyl groups is 1. The number of allylic oxidation sites excluding steroid dienone is 1. The number of hydrogen-bond donors (Lipinski definition) is 4. The number of amides is 1. The fourth-order valence-corrected chi connectivity index (χ4v) is 2.88. The Bertz CT molecular complexity index is 1270. The lowest BCUT2D eigenvalue weighted by molar-refractivity contribution is -0.385. The third kappa shape index (κ3) is 6.22. The van der Waals surface area contributed by atoms with Gasteiger partial charge in [0.25, 0.3) is 11.6 Å². The number of hydrogen-bond acceptors (Lipinski definition) is 9. The molecule has 1 amide bonds. The van der Waals surface area contributed by atoms with E-state index in [1.54, 1.807) is 0 Å². The molecule has 2 aromatic carbocycles. The molecular formula is C22H20F3N5O6. The molecule has 0 spiro atoms. The number of halogens is 3. The molecule has 0 aliphatic heterocycles. The zero-order valence-corrected chi connectivity index (χ0v) is 19.1. The summed E-state index contributed by atoms with van der Waals surface area (Å²) in [5, 5.41) is 36.1. The van der Waals surface area contributed by atoms with Gasteiger partial charge in [-0.1, -0.05) is 12.1 Å². The summed E-state index contributed by atoms with van der Waals surface area (Å²) in [6.07, 6.45) is -4.54. The van der Waals surface area contributed by atoms with Crippen molar-refractivity contribution in [2.75, 3.05) is 14.2 Å². The first-order valence-electron chi connectivity index (χ1n) is 9.91. The molecular weight excluding hydrogens is 487 g/mol. The molecule has 0 heterocycles. The molecule has 2 aromatic rings. The Hall–Kier alpha value is -4.75. The maximum atomic E-state index is 12.8. The highest BCUT2D eigenvalue weighted by molar-refractivity contribution is 6.46. The van der Waals surface area contributed by atoms with Crippen molar-refractivity contribution in [3.05, 3.63) is 80.6 Å². The van der Waals surface area contributed by atoms with Crippen molar-refractivity contribution in [3.63, 3.8) is 0 Å². The second kappa shape index (κ2) is 11.1. The largest absolute Gasteiger partial charge is 0.504 e. The first kappa shape index (κ1) is 27.5. The van der Waals surface area contributed by atoms with Gasteiger partial charge in [0.15, 0.2) is 5.76 Å². The Labute approximate surface area is 201 Å². The van der Waals surface area contributed by atoms with E-state index >= 15 is 0 Å². The molecule has 0 aliphatic carbocycles. The van der Waals surface area contributed by atoms with Crippen LogP contribution in [0.2, 0.25) is 0 Å². The van der Waals surface area contributed by atoms with Crippen LogP contribution >= 0.6 is 0 Å². The van der Waals surface area contributed by atoms with Crippen LogP contribution in [0.4, 0.5) is 18.9 Å². The first-order chi connectivity index (χ1) is 16.8. The predicted molar refractivity (Wildman–Crippen MR) is 123 cm³/mol. The average Bonchev–Trinajstić information content (AvgIpc) is 2.85. The summed E-state index contributed by atoms with van der Waals surface area (Å²) in [4.78, 5) is 34.4. The summed E-state index contributed by atoms with van der Waals surface area (Å²) in [6.45, 7) is 1.27. The number of nitro benzene ring substituents is 1. The predicted octanol–water partition coefficient (Wildman–Crippen LogP) is 3.67. The minimum Gasteiger partial charge on any atom is -0.504 e. The van der Waals surface area contributed by atoms with Crippen molar-refractivity contribution in [1.29, 1.82) is 5.41 Å². The molecule has 0 bridgehead atoms. The van der Waals surface area contributed by atoms with Crippen LogP contribution < -0.4 is 10.7 Å². The number of aliphatic hydroxyl groups excluding tert-OH is 1. The third-order valence-electron chi connectivity index (χ3n) is 4.77. The molecule has 0 saturated carbocycles. The normalized spacial score (nSPS) is 12.3. The first-order valence-corrected chi connectivity index (χ1v) is 9.91. The van der Waals surface area contributed by atoms with E-state index in [9.17, 15) is 38.0 Å². The van der Waals surface area contributed by atoms with Crippen molar-refractivity contribution in [1.82, 2.24) is 10.7 Å². The van der Waals surface area contributed by atoms with Crippen LogP contribution in [-0.2, 0) is 10.9 Å². The van der Waals surface area contributed by atoms with Crippen LogP contribution in [-0.4, -0.2) is 47.5 Å². The number of nitrogens with zero attached hydrogens (tertiary/aromatic N) is 2. The van der Waals surface area contributed by atoms with Gasteiger partial charge in [-0.25, -0.2) is 10.2 Å². The lowest BCUT2D eigenvalue weighted by Gasteiger charge is -2.13. The molecule has 11 nitrogen and oxygen atoms in total. The van der Waals surface area contributed by atoms with Crippen molar-refractivity contribution < 1.29 is 37.5 Å². The van der Waals surface area contributed by atoms with Crippen LogP contribution in [0.15, 0.2) is 53.3 Å². The van der Waals surface area contributed by atoms with E-state index in [2.05, 4.69) is 20.6 Å². The van der Waals surface area contributed by atoms with E-state index < -0.39 is 45.7 Å². The van der Waals surface area contributed by atoms with E-state index in [-0.39, 0.29) is 28.1 Å². The topological polar surface area (TPSA) is 167 Å². The number of carbonyl (C=O) groups excluding carboxylic acids is 2. The van der Waals surface area contributed by atoms with Crippen molar-refractivity contribution in [3.8, 4) is 0 Å². The van der Waals surface area contributed by atoms with Gasteiger partial charge in [0, 0.05) is 24.2 Å². The fraction of sp³-hybridized carbons (Fsp3) is 0.182. The second-order valence-corrected chi connectivity index (χ2v) is 7.04. The molecule has 0 aliphatic rings. The lowest BCUT2D eigenvalue weighted by atomic mass is 10.1. The fourth-order valence-electron chi connectivity index (χ4n) is 2.88. The Kier molecular flexibility index (Phi) is 8.49. The summed E-state index contributed by atoms with van der Waals surface area (Å²) in [5.74, 6) is -2.54. The van der Waals surface area contributed by atoms with Crippen LogP contribution in [0.5, 0.6) is 0 Å². The maximum Gasteiger partial charge on any atom is 0.416 e. The summed E-state index contributed by atoms with van der Waals surface area (Å²) < 4.78 is 42.8. The molecule has 14 heteroatoms. The summed E-state index contributed by atoms with van der Waals surface area (Å²) >= 11 is 0. The minimum absolute atomic E-state index is 0.0661. The Balaban J connectivity index is 2.27. The number of nitro groups is 1. The van der Waals surface area contributed by atoms with Gasteiger partial charge in [-0.05, 0) is 31.2 Å². The Morgan fingerprint density at radius 1 is 1.14 bits per heavy atom. The molecule has 190 valence electrons. The standard InChI is InChI=1S/C22H20F3N5O6/c1-11(17(26)19(31)18(27-2)12-4-7-14(8-5-12)22(23,24)25)28-29-20(32)13-6-9-15(21(33)36-3)16(10-13)30(34)35/h4-10,26-27,31H,1-3H3,(H,29,32)/b19-18+,26-17?,28-11+. The molecule has 0 atom stereocenters. The highest BCUT2D eigenvalue weighted by Gasteiger charge is 2.30. The van der Waals surface area contributed by atoms with E-state index in [1.807, 2.05) is 0 Å². The summed E-state index contributed by atoms with van der Waals surface area (Å²) in [6, 6.07) is 6.86. The molecule has 2 rings (SSSR count). The molecule has 0 unspecified atom stereocenters. The molecule has 0 radical (unpaired) electrons. The smallest absolute Gasteiger partial charge is 0.416 e. The SMILES string of the molecule is CN/C(=C(/O)C(=N)/C(C)=N/NC(=O)c1ccc(C(=O)OC)c([N+](=O)[O-])c1)c1ccc(C(F)(F)F)cc1. The minimum atomic E-state index is -4.54. The maximum absolute atomic E-state index is 12.8. The van der Waals surface area contributed by atoms with E-state index in [0.717, 1.165) is 49.6 Å². The summed E-state index contributed by atoms with van der Waals surface area (Å²) in [5.41, 5.74) is -0.740. The zero-order chi connectivity index (χ0) is 27.2. The van der Waals surface area contributed by atoms with Crippen LogP contribution in [0, 0.1) is 15.5 Å². The van der Waals surface area contributed by atoms with Gasteiger partial charge in [-0.2, -0.15) is 18.3 Å². The monoisotopic (exact) mass is 507 g/mol. The highest BCUT2D eigenvalue weighted by Crippen LogP contribution is 2.30. The van der Waals surface area contributed by atoms with Crippen LogP contribution in [0.25, 0.3) is 5.70 Å². The number of alkyl halides is 3. The molecule has 0 saturated heterocycles. The van der Waals surface area contributed by atoms with Gasteiger partial charge < -0.3 is 15.2 Å². The van der Waals surface area contributed by atoms with Crippen molar-refractivity contribution in [2.24, 2.45) is 5.10 Å². The van der Waals surface area contributed by atoms with Gasteiger partial charge in [-0.3, -0.25) is 20.3 Å². The van der Waals surface area contributed by atoms with Gasteiger partial charge >= 0.3 is 12.1 Å². The zero-order valence-electron chi connectivity index (χ0n) is 19.1. The number of rotatable bonds is 8. The number of carbonyl (C=O) groups is 2. The van der Waals surface area contributed by atoms with Gasteiger partial charge in [0.05, 0.1) is 29.0 Å². The number of ether oxygens (including phenoxy) is 1. The number of hydrazone groups is 1. The third-order valence-corrected chi connectivity index (χ3v) is 4.77. The van der Waals surface area contributed by atoms with Crippen LogP contribution in [0.1, 0.15) is 38.8 Å². The van der Waals surface area contributed by atoms with Gasteiger partial charge in [-0.15, -0.1) is 0 Å². The molecule has 0 aromatic heterocycles.